The number of nitrogens with zero attached hydrogens (tertiary/aromatic N) is 3. The lowest BCUT2D eigenvalue weighted by molar-refractivity contribution is 0.413. The Morgan fingerprint density at radius 3 is 2.78 bits per heavy atom. The van der Waals surface area contributed by atoms with Gasteiger partial charge in [0.2, 0.25) is 0 Å². The molecule has 0 radical (unpaired) electrons. The summed E-state index contributed by atoms with van der Waals surface area (Å²) in [5, 5.41) is 11.5. The van der Waals surface area contributed by atoms with Gasteiger partial charge < -0.3 is 10.1 Å². The predicted molar refractivity (Wildman–Crippen MR) is 70.6 cm³/mol. The maximum Gasteiger partial charge on any atom is 0.148 e. The zero-order valence-corrected chi connectivity index (χ0v) is 10.6. The van der Waals surface area contributed by atoms with Gasteiger partial charge in [-0.15, -0.1) is 10.2 Å². The van der Waals surface area contributed by atoms with Crippen LogP contribution in [-0.2, 0) is 0 Å². The third-order valence-electron chi connectivity index (χ3n) is 2.47. The lowest BCUT2D eigenvalue weighted by atomic mass is 10.2. The minimum Gasteiger partial charge on any atom is -0.495 e. The number of nitrogens with one attached hydrogen (secondary N) is 1. The lowest BCUT2D eigenvalue weighted by Gasteiger charge is -2.05. The summed E-state index contributed by atoms with van der Waals surface area (Å²) in [7, 11) is 1.62. The van der Waals surface area contributed by atoms with Crippen LogP contribution >= 0.6 is 0 Å². The predicted octanol–water partition coefficient (Wildman–Crippen LogP) is 2.37. The lowest BCUT2D eigenvalue weighted by Crippen LogP contribution is -2.02. The quantitative estimate of drug-likeness (QED) is 0.875. The van der Waals surface area contributed by atoms with E-state index in [4.69, 9.17) is 4.74 Å². The summed E-state index contributed by atoms with van der Waals surface area (Å²) in [6.07, 6.45) is 4.46. The second kappa shape index (κ2) is 5.95. The molecule has 2 aromatic rings. The first-order chi connectivity index (χ1) is 8.83. The molecule has 0 aliphatic rings. The molecule has 0 aromatic carbocycles. The maximum absolute atomic E-state index is 5.13. The zero-order valence-electron chi connectivity index (χ0n) is 10.6. The summed E-state index contributed by atoms with van der Waals surface area (Å²) >= 11 is 0. The number of anilines is 1. The highest BCUT2D eigenvalue weighted by molar-refractivity contribution is 5.60. The van der Waals surface area contributed by atoms with E-state index in [0.717, 1.165) is 30.0 Å². The Bertz CT molecular complexity index is 499. The van der Waals surface area contributed by atoms with E-state index in [1.54, 1.807) is 19.5 Å². The molecule has 5 nitrogen and oxygen atoms in total. The molecule has 2 rings (SSSR count). The standard InChI is InChI=1S/C13H16N4O/c1-3-6-15-13-5-4-12(16-17-13)10-7-11(18-2)9-14-8-10/h4-5,7-9H,3,6H2,1-2H3,(H,15,17). The Balaban J connectivity index is 2.17. The van der Waals surface area contributed by atoms with E-state index in [0.29, 0.717) is 5.75 Å². The molecule has 0 bridgehead atoms. The average Bonchev–Trinajstić information content (AvgIpc) is 2.46. The van der Waals surface area contributed by atoms with Crippen LogP contribution in [-0.4, -0.2) is 28.8 Å². The highest BCUT2D eigenvalue weighted by Gasteiger charge is 2.03. The Morgan fingerprint density at radius 2 is 2.11 bits per heavy atom. The molecule has 0 spiro atoms. The third kappa shape index (κ3) is 2.94. The Hall–Kier alpha value is -2.17. The van der Waals surface area contributed by atoms with Crippen LogP contribution in [0.3, 0.4) is 0 Å². The molecule has 0 amide bonds. The molecule has 0 atom stereocenters. The van der Waals surface area contributed by atoms with Gasteiger partial charge in [-0.1, -0.05) is 6.92 Å². The molecule has 0 aliphatic carbocycles. The fraction of sp³-hybridized carbons (Fsp3) is 0.308. The number of methoxy groups -OCH3 is 1. The van der Waals surface area contributed by atoms with Crippen LogP contribution in [0.1, 0.15) is 13.3 Å². The molecule has 94 valence electrons. The number of hydrogen-bond acceptors (Lipinski definition) is 5. The minimum absolute atomic E-state index is 0.711. The van der Waals surface area contributed by atoms with E-state index in [9.17, 15) is 0 Å². The van der Waals surface area contributed by atoms with Gasteiger partial charge >= 0.3 is 0 Å². The molecule has 5 heteroatoms. The van der Waals surface area contributed by atoms with Crippen LogP contribution in [0.5, 0.6) is 5.75 Å². The molecule has 0 saturated carbocycles. The van der Waals surface area contributed by atoms with E-state index in [-0.39, 0.29) is 0 Å². The van der Waals surface area contributed by atoms with Crippen molar-refractivity contribution in [1.29, 1.82) is 0 Å². The fourth-order valence-electron chi connectivity index (χ4n) is 1.50. The minimum atomic E-state index is 0.711. The highest BCUT2D eigenvalue weighted by atomic mass is 16.5. The van der Waals surface area contributed by atoms with Gasteiger partial charge in [-0.05, 0) is 24.6 Å². The summed E-state index contributed by atoms with van der Waals surface area (Å²) < 4.78 is 5.13. The van der Waals surface area contributed by atoms with Crippen LogP contribution in [0, 0.1) is 0 Å². The molecule has 0 aliphatic heterocycles. The van der Waals surface area contributed by atoms with E-state index >= 15 is 0 Å². The van der Waals surface area contributed by atoms with Crippen LogP contribution in [0.15, 0.2) is 30.6 Å². The van der Waals surface area contributed by atoms with E-state index in [1.807, 2.05) is 18.2 Å². The molecule has 1 N–H and O–H groups in total. The first-order valence-corrected chi connectivity index (χ1v) is 5.90. The molecule has 0 unspecified atom stereocenters. The number of ether oxygens (including phenoxy) is 1. The second-order valence-electron chi connectivity index (χ2n) is 3.84. The second-order valence-corrected chi connectivity index (χ2v) is 3.84. The topological polar surface area (TPSA) is 59.9 Å². The monoisotopic (exact) mass is 244 g/mol. The number of rotatable bonds is 5. The highest BCUT2D eigenvalue weighted by Crippen LogP contribution is 2.20. The summed E-state index contributed by atoms with van der Waals surface area (Å²) in [6, 6.07) is 5.72. The Morgan fingerprint density at radius 1 is 1.22 bits per heavy atom. The van der Waals surface area contributed by atoms with E-state index in [1.165, 1.54) is 0 Å². The number of pyridine rings is 1. The van der Waals surface area contributed by atoms with Crippen molar-refractivity contribution in [1.82, 2.24) is 15.2 Å². The third-order valence-corrected chi connectivity index (χ3v) is 2.47. The van der Waals surface area contributed by atoms with Gasteiger partial charge in [0.15, 0.2) is 0 Å². The summed E-state index contributed by atoms with van der Waals surface area (Å²) in [6.45, 7) is 3.01. The van der Waals surface area contributed by atoms with Gasteiger partial charge in [-0.3, -0.25) is 4.98 Å². The van der Waals surface area contributed by atoms with E-state index < -0.39 is 0 Å². The fourth-order valence-corrected chi connectivity index (χ4v) is 1.50. The van der Waals surface area contributed by atoms with Gasteiger partial charge in [0, 0.05) is 18.3 Å². The van der Waals surface area contributed by atoms with E-state index in [2.05, 4.69) is 27.4 Å². The average molecular weight is 244 g/mol. The molecular weight excluding hydrogens is 228 g/mol. The summed E-state index contributed by atoms with van der Waals surface area (Å²) in [4.78, 5) is 4.10. The molecule has 2 aromatic heterocycles. The van der Waals surface area contributed by atoms with Crippen LogP contribution in [0.2, 0.25) is 0 Å². The number of aromatic nitrogens is 3. The van der Waals surface area contributed by atoms with Crippen LogP contribution in [0.4, 0.5) is 5.82 Å². The van der Waals surface area contributed by atoms with Crippen molar-refractivity contribution in [2.45, 2.75) is 13.3 Å². The van der Waals surface area contributed by atoms with Crippen molar-refractivity contribution in [3.63, 3.8) is 0 Å². The van der Waals surface area contributed by atoms with Crippen LogP contribution in [0.25, 0.3) is 11.3 Å². The first-order valence-electron chi connectivity index (χ1n) is 5.90. The maximum atomic E-state index is 5.13. The van der Waals surface area contributed by atoms with Crippen LogP contribution < -0.4 is 10.1 Å². The molecule has 2 heterocycles. The van der Waals surface area contributed by atoms with Gasteiger partial charge in [0.25, 0.3) is 0 Å². The van der Waals surface area contributed by atoms with Crippen molar-refractivity contribution in [3.8, 4) is 17.0 Å². The van der Waals surface area contributed by atoms with Crippen molar-refractivity contribution in [2.75, 3.05) is 19.0 Å². The normalized spacial score (nSPS) is 10.1. The van der Waals surface area contributed by atoms with Crippen molar-refractivity contribution in [3.05, 3.63) is 30.6 Å². The van der Waals surface area contributed by atoms with Gasteiger partial charge in [0.05, 0.1) is 19.0 Å². The number of hydrogen-bond donors (Lipinski definition) is 1. The zero-order chi connectivity index (χ0) is 12.8. The molecule has 18 heavy (non-hydrogen) atoms. The van der Waals surface area contributed by atoms with Crippen molar-refractivity contribution >= 4 is 5.82 Å². The SMILES string of the molecule is CCCNc1ccc(-c2cncc(OC)c2)nn1. The Kier molecular flexibility index (Phi) is 4.06. The first kappa shape index (κ1) is 12.3. The summed E-state index contributed by atoms with van der Waals surface area (Å²) in [5.41, 5.74) is 1.67. The van der Waals surface area contributed by atoms with Crippen molar-refractivity contribution in [2.24, 2.45) is 0 Å². The smallest absolute Gasteiger partial charge is 0.148 e. The van der Waals surface area contributed by atoms with Gasteiger partial charge in [0.1, 0.15) is 11.6 Å². The largest absolute Gasteiger partial charge is 0.495 e. The van der Waals surface area contributed by atoms with Crippen molar-refractivity contribution < 1.29 is 4.74 Å². The molecule has 0 saturated heterocycles. The molecular formula is C13H16N4O. The molecule has 0 fully saturated rings. The Labute approximate surface area is 106 Å². The summed E-state index contributed by atoms with van der Waals surface area (Å²) in [5.74, 6) is 1.50. The van der Waals surface area contributed by atoms with Gasteiger partial charge in [-0.25, -0.2) is 0 Å². The van der Waals surface area contributed by atoms with Gasteiger partial charge in [-0.2, -0.15) is 0 Å².